The van der Waals surface area contributed by atoms with Crippen molar-refractivity contribution >= 4 is 23.5 Å². The standard InChI is InChI=1S/C19H24ClNO4/c20-18-15-12-21(13-6-3-1-2-4-7-13)19(24)14(15)9-10-16(18)25-11-5-8-17(22)23/h9-10,13H,1-8,11-12H2,(H,22,23). The average molecular weight is 366 g/mol. The Labute approximate surface area is 152 Å². The predicted octanol–water partition coefficient (Wildman–Crippen LogP) is 4.26. The SMILES string of the molecule is O=C(O)CCCOc1ccc2c(c1Cl)CN(C1CCCCCC1)C2=O. The van der Waals surface area contributed by atoms with Crippen molar-refractivity contribution in [3.05, 3.63) is 28.3 Å². The molecule has 1 fully saturated rings. The van der Waals surface area contributed by atoms with Gasteiger partial charge in [0.15, 0.2) is 0 Å². The zero-order chi connectivity index (χ0) is 17.8. The number of benzene rings is 1. The van der Waals surface area contributed by atoms with Crippen molar-refractivity contribution in [3.8, 4) is 5.75 Å². The van der Waals surface area contributed by atoms with Crippen molar-refractivity contribution < 1.29 is 19.4 Å². The summed E-state index contributed by atoms with van der Waals surface area (Å²) in [4.78, 5) is 25.3. The molecule has 1 aromatic carbocycles. The summed E-state index contributed by atoms with van der Waals surface area (Å²) in [5.41, 5.74) is 1.51. The van der Waals surface area contributed by atoms with Gasteiger partial charge < -0.3 is 14.7 Å². The number of halogens is 1. The first kappa shape index (κ1) is 18.1. The number of ether oxygens (including phenoxy) is 1. The van der Waals surface area contributed by atoms with Crippen LogP contribution in [0.2, 0.25) is 5.02 Å². The van der Waals surface area contributed by atoms with Crippen LogP contribution in [0.1, 0.15) is 67.3 Å². The molecular formula is C19H24ClNO4. The van der Waals surface area contributed by atoms with Gasteiger partial charge in [-0.2, -0.15) is 0 Å². The zero-order valence-corrected chi connectivity index (χ0v) is 15.1. The van der Waals surface area contributed by atoms with E-state index in [1.165, 1.54) is 25.7 Å². The van der Waals surface area contributed by atoms with Gasteiger partial charge in [0.1, 0.15) is 5.75 Å². The van der Waals surface area contributed by atoms with E-state index in [-0.39, 0.29) is 12.3 Å². The molecule has 3 rings (SSSR count). The molecule has 0 aromatic heterocycles. The van der Waals surface area contributed by atoms with Crippen LogP contribution in [0.4, 0.5) is 0 Å². The number of aliphatic carboxylic acids is 1. The highest BCUT2D eigenvalue weighted by Gasteiger charge is 2.34. The summed E-state index contributed by atoms with van der Waals surface area (Å²) in [7, 11) is 0. The molecule has 6 heteroatoms. The molecule has 0 radical (unpaired) electrons. The fraction of sp³-hybridized carbons (Fsp3) is 0.579. The molecular weight excluding hydrogens is 342 g/mol. The number of amides is 1. The molecule has 0 bridgehead atoms. The van der Waals surface area contributed by atoms with E-state index in [0.29, 0.717) is 41.9 Å². The Balaban J connectivity index is 1.69. The van der Waals surface area contributed by atoms with Gasteiger partial charge in [-0.1, -0.05) is 37.3 Å². The van der Waals surface area contributed by atoms with Crippen LogP contribution in [0.15, 0.2) is 12.1 Å². The smallest absolute Gasteiger partial charge is 0.303 e. The quantitative estimate of drug-likeness (QED) is 0.604. The summed E-state index contributed by atoms with van der Waals surface area (Å²) < 4.78 is 5.62. The first-order valence-corrected chi connectivity index (χ1v) is 9.42. The summed E-state index contributed by atoms with van der Waals surface area (Å²) in [6.45, 7) is 0.842. The molecule has 2 aliphatic rings. The molecule has 0 spiro atoms. The van der Waals surface area contributed by atoms with Crippen LogP contribution in [0.5, 0.6) is 5.75 Å². The van der Waals surface area contributed by atoms with E-state index in [0.717, 1.165) is 18.4 Å². The Morgan fingerprint density at radius 1 is 1.24 bits per heavy atom. The second-order valence-corrected chi connectivity index (χ2v) is 7.21. The minimum atomic E-state index is -0.840. The van der Waals surface area contributed by atoms with Gasteiger partial charge in [-0.15, -0.1) is 0 Å². The molecule has 0 atom stereocenters. The molecule has 1 amide bonds. The number of carboxylic acids is 1. The predicted molar refractivity (Wildman–Crippen MR) is 95.2 cm³/mol. The topological polar surface area (TPSA) is 66.8 Å². The molecule has 1 aliphatic heterocycles. The molecule has 1 saturated carbocycles. The van der Waals surface area contributed by atoms with Crippen LogP contribution in [0, 0.1) is 0 Å². The summed E-state index contributed by atoms with van der Waals surface area (Å²) >= 11 is 6.48. The lowest BCUT2D eigenvalue weighted by Gasteiger charge is -2.26. The van der Waals surface area contributed by atoms with Gasteiger partial charge in [-0.05, 0) is 31.4 Å². The van der Waals surface area contributed by atoms with Gasteiger partial charge in [-0.25, -0.2) is 0 Å². The van der Waals surface area contributed by atoms with Gasteiger partial charge in [0, 0.05) is 30.1 Å². The second-order valence-electron chi connectivity index (χ2n) is 6.83. The fourth-order valence-electron chi connectivity index (χ4n) is 3.73. The van der Waals surface area contributed by atoms with Gasteiger partial charge in [0.2, 0.25) is 0 Å². The van der Waals surface area contributed by atoms with Crippen molar-refractivity contribution in [2.45, 2.75) is 64.0 Å². The maximum atomic E-state index is 12.8. The molecule has 0 unspecified atom stereocenters. The maximum Gasteiger partial charge on any atom is 0.303 e. The molecule has 136 valence electrons. The van der Waals surface area contributed by atoms with Crippen LogP contribution in [-0.4, -0.2) is 34.5 Å². The maximum absolute atomic E-state index is 12.8. The first-order chi connectivity index (χ1) is 12.1. The van der Waals surface area contributed by atoms with Crippen molar-refractivity contribution in [1.82, 2.24) is 4.90 Å². The number of rotatable bonds is 6. The Morgan fingerprint density at radius 3 is 2.64 bits per heavy atom. The molecule has 1 aromatic rings. The van der Waals surface area contributed by atoms with Crippen LogP contribution in [-0.2, 0) is 11.3 Å². The first-order valence-electron chi connectivity index (χ1n) is 9.05. The highest BCUT2D eigenvalue weighted by Crippen LogP contribution is 2.38. The van der Waals surface area contributed by atoms with Gasteiger partial charge in [-0.3, -0.25) is 9.59 Å². The number of carbonyl (C=O) groups excluding carboxylic acids is 1. The Bertz CT molecular complexity index is 653. The van der Waals surface area contributed by atoms with Gasteiger partial charge >= 0.3 is 5.97 Å². The molecule has 1 N–H and O–H groups in total. The lowest BCUT2D eigenvalue weighted by Crippen LogP contribution is -2.35. The van der Waals surface area contributed by atoms with E-state index >= 15 is 0 Å². The van der Waals surface area contributed by atoms with E-state index in [9.17, 15) is 9.59 Å². The minimum absolute atomic E-state index is 0.0660. The average Bonchev–Trinajstić information content (AvgIpc) is 2.77. The number of hydrogen-bond donors (Lipinski definition) is 1. The molecule has 5 nitrogen and oxygen atoms in total. The van der Waals surface area contributed by atoms with Crippen LogP contribution in [0.25, 0.3) is 0 Å². The summed E-state index contributed by atoms with van der Waals surface area (Å²) in [5, 5.41) is 9.15. The molecule has 0 saturated heterocycles. The Morgan fingerprint density at radius 2 is 1.96 bits per heavy atom. The third-order valence-electron chi connectivity index (χ3n) is 5.09. The van der Waals surface area contributed by atoms with E-state index < -0.39 is 5.97 Å². The van der Waals surface area contributed by atoms with Crippen molar-refractivity contribution in [3.63, 3.8) is 0 Å². The van der Waals surface area contributed by atoms with E-state index in [4.69, 9.17) is 21.4 Å². The monoisotopic (exact) mass is 365 g/mol. The van der Waals surface area contributed by atoms with E-state index in [2.05, 4.69) is 0 Å². The summed E-state index contributed by atoms with van der Waals surface area (Å²) in [6.07, 6.45) is 7.48. The van der Waals surface area contributed by atoms with Crippen molar-refractivity contribution in [2.24, 2.45) is 0 Å². The van der Waals surface area contributed by atoms with E-state index in [1.807, 2.05) is 4.90 Å². The van der Waals surface area contributed by atoms with Gasteiger partial charge in [0.05, 0.1) is 11.6 Å². The van der Waals surface area contributed by atoms with E-state index in [1.54, 1.807) is 12.1 Å². The number of carboxylic acid groups (broad SMARTS) is 1. The highest BCUT2D eigenvalue weighted by molar-refractivity contribution is 6.33. The Kier molecular flexibility index (Phi) is 5.84. The largest absolute Gasteiger partial charge is 0.492 e. The molecule has 1 aliphatic carbocycles. The fourth-order valence-corrected chi connectivity index (χ4v) is 4.01. The lowest BCUT2D eigenvalue weighted by molar-refractivity contribution is -0.137. The van der Waals surface area contributed by atoms with Crippen molar-refractivity contribution in [1.29, 1.82) is 0 Å². The Hall–Kier alpha value is -1.75. The lowest BCUT2D eigenvalue weighted by atomic mass is 10.1. The van der Waals surface area contributed by atoms with Crippen LogP contribution < -0.4 is 4.74 Å². The normalized spacial score (nSPS) is 18.1. The summed E-state index contributed by atoms with van der Waals surface area (Å²) in [5.74, 6) is -0.240. The zero-order valence-electron chi connectivity index (χ0n) is 14.3. The van der Waals surface area contributed by atoms with Crippen LogP contribution in [0.3, 0.4) is 0 Å². The number of nitrogens with zero attached hydrogens (tertiary/aromatic N) is 1. The number of fused-ring (bicyclic) bond motifs is 1. The third-order valence-corrected chi connectivity index (χ3v) is 5.50. The third kappa shape index (κ3) is 4.09. The number of hydrogen-bond acceptors (Lipinski definition) is 3. The minimum Gasteiger partial charge on any atom is -0.492 e. The van der Waals surface area contributed by atoms with Crippen molar-refractivity contribution in [2.75, 3.05) is 6.61 Å². The van der Waals surface area contributed by atoms with Gasteiger partial charge in [0.25, 0.3) is 5.91 Å². The number of carbonyl (C=O) groups is 2. The highest BCUT2D eigenvalue weighted by atomic mass is 35.5. The molecule has 1 heterocycles. The summed E-state index contributed by atoms with van der Waals surface area (Å²) in [6, 6.07) is 3.81. The van der Waals surface area contributed by atoms with Crippen LogP contribution >= 0.6 is 11.6 Å². The molecule has 25 heavy (non-hydrogen) atoms. The second kappa shape index (κ2) is 8.09.